The van der Waals surface area contributed by atoms with E-state index in [2.05, 4.69) is 50.2 Å². The van der Waals surface area contributed by atoms with Gasteiger partial charge in [0, 0.05) is 14.7 Å². The van der Waals surface area contributed by atoms with Crippen LogP contribution >= 0.6 is 56.5 Å². The van der Waals surface area contributed by atoms with E-state index in [1.54, 1.807) is 51.3 Å². The Balaban J connectivity index is 2.04. The molecule has 0 fully saturated rings. The number of carbonyl (C=O) groups excluding carboxylic acids is 1. The summed E-state index contributed by atoms with van der Waals surface area (Å²) in [5, 5.41) is 10.6. The average Bonchev–Trinajstić information content (AvgIpc) is 3.15. The first-order chi connectivity index (χ1) is 17.2. The zero-order valence-electron chi connectivity index (χ0n) is 19.8. The summed E-state index contributed by atoms with van der Waals surface area (Å²) in [7, 11) is 3.07. The minimum absolute atomic E-state index is 0.0938. The van der Waals surface area contributed by atoms with Gasteiger partial charge < -0.3 is 19.3 Å². The third kappa shape index (κ3) is 4.92. The molecular weight excluding hydrogens is 710 g/mol. The monoisotopic (exact) mass is 732 g/mol. The Hall–Kier alpha value is -2.39. The van der Waals surface area contributed by atoms with E-state index in [1.165, 1.54) is 23.0 Å². The van der Waals surface area contributed by atoms with E-state index >= 15 is 0 Å². The minimum Gasteiger partial charge on any atom is -0.506 e. The number of phenolic OH excluding ortho intramolecular Hbond substituents is 1. The van der Waals surface area contributed by atoms with Gasteiger partial charge in [-0.25, -0.2) is 9.79 Å². The van der Waals surface area contributed by atoms with Crippen LogP contribution in [-0.2, 0) is 9.53 Å². The lowest BCUT2D eigenvalue weighted by Crippen LogP contribution is -2.40. The Bertz CT molecular complexity index is 1570. The molecule has 0 bridgehead atoms. The number of fused-ring (bicyclic) bond motifs is 1. The second-order valence-corrected chi connectivity index (χ2v) is 11.2. The number of rotatable bonds is 6. The standard InChI is InChI=1S/C25H22I2N2O6S/c1-5-35-24(32)20-12(2)28-25-29(21(20)16-11-15(33-3)6-7-18(16)34-4)23(31)19(36-25)9-13-8-14(26)10-17(27)22(13)30/h6-11,21,30H,5H2,1-4H3/b19-9-/t21-/m0/s1. The molecule has 0 amide bonds. The molecule has 0 saturated heterocycles. The van der Waals surface area contributed by atoms with E-state index in [0.717, 1.165) is 3.57 Å². The molecule has 1 aromatic heterocycles. The number of allylic oxidation sites excluding steroid dienone is 1. The van der Waals surface area contributed by atoms with Crippen LogP contribution in [0.1, 0.15) is 31.0 Å². The van der Waals surface area contributed by atoms with E-state index in [-0.39, 0.29) is 23.5 Å². The van der Waals surface area contributed by atoms with E-state index in [9.17, 15) is 14.7 Å². The maximum atomic E-state index is 13.8. The molecule has 1 atom stereocenters. The van der Waals surface area contributed by atoms with Crippen LogP contribution in [0.4, 0.5) is 0 Å². The van der Waals surface area contributed by atoms with Gasteiger partial charge in [-0.05, 0) is 95.4 Å². The fourth-order valence-corrected chi connectivity index (χ4v) is 6.90. The molecule has 2 heterocycles. The van der Waals surface area contributed by atoms with Gasteiger partial charge in [-0.1, -0.05) is 11.3 Å². The number of benzene rings is 2. The lowest BCUT2D eigenvalue weighted by Gasteiger charge is -2.26. The lowest BCUT2D eigenvalue weighted by molar-refractivity contribution is -0.139. The summed E-state index contributed by atoms with van der Waals surface area (Å²) in [6.07, 6.45) is 1.65. The van der Waals surface area contributed by atoms with Gasteiger partial charge in [0.05, 0.1) is 40.2 Å². The highest BCUT2D eigenvalue weighted by atomic mass is 127. The van der Waals surface area contributed by atoms with Crippen molar-refractivity contribution in [3.63, 3.8) is 0 Å². The summed E-state index contributed by atoms with van der Waals surface area (Å²) in [5.41, 5.74) is 1.43. The van der Waals surface area contributed by atoms with Crippen LogP contribution in [0, 0.1) is 7.14 Å². The maximum absolute atomic E-state index is 13.8. The first kappa shape index (κ1) is 26.7. The summed E-state index contributed by atoms with van der Waals surface area (Å²) in [6.45, 7) is 3.61. The molecule has 36 heavy (non-hydrogen) atoms. The highest BCUT2D eigenvalue weighted by Gasteiger charge is 2.35. The Morgan fingerprint density at radius 1 is 1.22 bits per heavy atom. The van der Waals surface area contributed by atoms with Crippen LogP contribution in [0.3, 0.4) is 0 Å². The Kier molecular flexibility index (Phi) is 8.09. The number of nitrogens with zero attached hydrogens (tertiary/aromatic N) is 2. The van der Waals surface area contributed by atoms with Gasteiger partial charge in [0.1, 0.15) is 23.3 Å². The molecule has 1 N–H and O–H groups in total. The van der Waals surface area contributed by atoms with Crippen molar-refractivity contribution < 1.29 is 24.1 Å². The molecule has 1 aliphatic rings. The number of hydrogen-bond acceptors (Lipinski definition) is 8. The normalized spacial score (nSPS) is 15.4. The number of aromatic nitrogens is 1. The van der Waals surface area contributed by atoms with Gasteiger partial charge in [-0.2, -0.15) is 0 Å². The van der Waals surface area contributed by atoms with Gasteiger partial charge in [0.25, 0.3) is 5.56 Å². The van der Waals surface area contributed by atoms with Crippen LogP contribution in [-0.4, -0.2) is 36.5 Å². The Morgan fingerprint density at radius 2 is 1.97 bits per heavy atom. The molecule has 3 aromatic rings. The second kappa shape index (κ2) is 10.9. The summed E-state index contributed by atoms with van der Waals surface area (Å²) in [5.74, 6) is 0.560. The molecule has 1 aliphatic heterocycles. The van der Waals surface area contributed by atoms with Crippen molar-refractivity contribution in [3.05, 3.63) is 79.6 Å². The molecular formula is C25H22I2N2O6S. The molecule has 2 aromatic carbocycles. The first-order valence-corrected chi connectivity index (χ1v) is 13.8. The highest BCUT2D eigenvalue weighted by Crippen LogP contribution is 2.38. The van der Waals surface area contributed by atoms with Crippen LogP contribution in [0.15, 0.2) is 51.4 Å². The molecule has 0 aliphatic carbocycles. The van der Waals surface area contributed by atoms with Gasteiger partial charge in [0.2, 0.25) is 0 Å². The van der Waals surface area contributed by atoms with Crippen LogP contribution in [0.25, 0.3) is 6.08 Å². The summed E-state index contributed by atoms with van der Waals surface area (Å²) in [4.78, 5) is 31.9. The molecule has 0 saturated carbocycles. The second-order valence-electron chi connectivity index (χ2n) is 7.74. The lowest BCUT2D eigenvalue weighted by atomic mass is 9.94. The zero-order chi connectivity index (χ0) is 26.1. The fourth-order valence-electron chi connectivity index (χ4n) is 3.98. The number of thiazole rings is 1. The van der Waals surface area contributed by atoms with E-state index in [1.807, 2.05) is 6.07 Å². The van der Waals surface area contributed by atoms with Gasteiger partial charge in [0.15, 0.2) is 4.80 Å². The van der Waals surface area contributed by atoms with Gasteiger partial charge in [-0.3, -0.25) is 9.36 Å². The van der Waals surface area contributed by atoms with Crippen LogP contribution < -0.4 is 24.4 Å². The van der Waals surface area contributed by atoms with Crippen molar-refractivity contribution >= 4 is 68.6 Å². The summed E-state index contributed by atoms with van der Waals surface area (Å²) in [6, 6.07) is 8.01. The topological polar surface area (TPSA) is 99.4 Å². The number of phenols is 1. The molecule has 8 nitrogen and oxygen atoms in total. The SMILES string of the molecule is CCOC(=O)C1=C(C)N=c2s/c(=C\c3cc(I)cc(I)c3O)c(=O)n2[C@H]1c1cc(OC)ccc1OC. The van der Waals surface area contributed by atoms with Crippen molar-refractivity contribution in [1.82, 2.24) is 4.57 Å². The highest BCUT2D eigenvalue weighted by molar-refractivity contribution is 14.1. The zero-order valence-corrected chi connectivity index (χ0v) is 24.9. The number of hydrogen-bond donors (Lipinski definition) is 1. The Morgan fingerprint density at radius 3 is 2.64 bits per heavy atom. The van der Waals surface area contributed by atoms with Crippen molar-refractivity contribution in [3.8, 4) is 17.2 Å². The number of ether oxygens (including phenoxy) is 3. The predicted octanol–water partition coefficient (Wildman–Crippen LogP) is 3.73. The summed E-state index contributed by atoms with van der Waals surface area (Å²) < 4.78 is 19.8. The molecule has 0 radical (unpaired) electrons. The molecule has 11 heteroatoms. The van der Waals surface area contributed by atoms with E-state index in [4.69, 9.17) is 14.2 Å². The molecule has 4 rings (SSSR count). The number of esters is 1. The molecule has 188 valence electrons. The average molecular weight is 732 g/mol. The van der Waals surface area contributed by atoms with Crippen LogP contribution in [0.5, 0.6) is 17.2 Å². The predicted molar refractivity (Wildman–Crippen MR) is 153 cm³/mol. The number of methoxy groups -OCH3 is 2. The Labute approximate surface area is 238 Å². The van der Waals surface area contributed by atoms with Crippen molar-refractivity contribution in [2.75, 3.05) is 20.8 Å². The van der Waals surface area contributed by atoms with Crippen LogP contribution in [0.2, 0.25) is 0 Å². The third-order valence-corrected chi connectivity index (χ3v) is 8.02. The summed E-state index contributed by atoms with van der Waals surface area (Å²) >= 11 is 5.40. The first-order valence-electron chi connectivity index (χ1n) is 10.8. The van der Waals surface area contributed by atoms with Crippen molar-refractivity contribution in [1.29, 1.82) is 0 Å². The minimum atomic E-state index is -0.850. The number of carbonyl (C=O) groups is 1. The fraction of sp³-hybridized carbons (Fsp3) is 0.240. The van der Waals surface area contributed by atoms with E-state index in [0.29, 0.717) is 41.2 Å². The number of aromatic hydroxyl groups is 1. The van der Waals surface area contributed by atoms with Gasteiger partial charge >= 0.3 is 5.97 Å². The smallest absolute Gasteiger partial charge is 0.338 e. The number of halogens is 2. The molecule has 0 unspecified atom stereocenters. The largest absolute Gasteiger partial charge is 0.506 e. The maximum Gasteiger partial charge on any atom is 0.338 e. The van der Waals surface area contributed by atoms with Crippen molar-refractivity contribution in [2.24, 2.45) is 4.99 Å². The quantitative estimate of drug-likeness (QED) is 0.307. The van der Waals surface area contributed by atoms with Crippen molar-refractivity contribution in [2.45, 2.75) is 19.9 Å². The van der Waals surface area contributed by atoms with E-state index < -0.39 is 12.0 Å². The van der Waals surface area contributed by atoms with Gasteiger partial charge in [-0.15, -0.1) is 0 Å². The third-order valence-electron chi connectivity index (χ3n) is 5.59. The molecule has 0 spiro atoms.